The first-order valence-corrected chi connectivity index (χ1v) is 7.86. The first kappa shape index (κ1) is 14.4. The van der Waals surface area contributed by atoms with Crippen LogP contribution in [0.3, 0.4) is 0 Å². The van der Waals surface area contributed by atoms with Gasteiger partial charge in [0.15, 0.2) is 0 Å². The Labute approximate surface area is 134 Å². The summed E-state index contributed by atoms with van der Waals surface area (Å²) in [5.74, 6) is 0. The Morgan fingerprint density at radius 1 is 0.944 bits per heavy atom. The summed E-state index contributed by atoms with van der Waals surface area (Å²) in [5.41, 5.74) is 2.38. The van der Waals surface area contributed by atoms with Crippen molar-refractivity contribution >= 4 is 55.1 Å². The SMILES string of the molecule is Clc1ccc(CC(Br)c2cc(Cl)ccc2Br)cc1. The summed E-state index contributed by atoms with van der Waals surface area (Å²) in [5, 5.41) is 1.50. The molecule has 0 fully saturated rings. The van der Waals surface area contributed by atoms with E-state index in [0.717, 1.165) is 26.5 Å². The molecule has 94 valence electrons. The van der Waals surface area contributed by atoms with Gasteiger partial charge >= 0.3 is 0 Å². The van der Waals surface area contributed by atoms with Crippen LogP contribution in [0.15, 0.2) is 46.9 Å². The summed E-state index contributed by atoms with van der Waals surface area (Å²) >= 11 is 19.2. The number of hydrogen-bond acceptors (Lipinski definition) is 0. The minimum absolute atomic E-state index is 0.215. The van der Waals surface area contributed by atoms with Gasteiger partial charge < -0.3 is 0 Å². The zero-order valence-electron chi connectivity index (χ0n) is 9.34. The van der Waals surface area contributed by atoms with Crippen molar-refractivity contribution in [3.8, 4) is 0 Å². The molecule has 0 N–H and O–H groups in total. The summed E-state index contributed by atoms with van der Waals surface area (Å²) in [7, 11) is 0. The second-order valence-corrected chi connectivity index (χ2v) is 6.80. The van der Waals surface area contributed by atoms with E-state index in [1.54, 1.807) is 0 Å². The fraction of sp³-hybridized carbons (Fsp3) is 0.143. The monoisotopic (exact) mass is 406 g/mol. The summed E-state index contributed by atoms with van der Waals surface area (Å²) in [6.07, 6.45) is 0.885. The third kappa shape index (κ3) is 3.74. The highest BCUT2D eigenvalue weighted by molar-refractivity contribution is 9.11. The summed E-state index contributed by atoms with van der Waals surface area (Å²) < 4.78 is 1.06. The van der Waals surface area contributed by atoms with Gasteiger partial charge in [-0.1, -0.05) is 67.2 Å². The van der Waals surface area contributed by atoms with E-state index in [4.69, 9.17) is 23.2 Å². The Bertz CT molecular complexity index is 538. The second kappa shape index (κ2) is 6.42. The molecule has 0 radical (unpaired) electrons. The molecule has 1 unspecified atom stereocenters. The maximum absolute atomic E-state index is 6.03. The molecular formula is C14H10Br2Cl2. The molecule has 0 bridgehead atoms. The molecule has 0 aliphatic heterocycles. The molecular weight excluding hydrogens is 399 g/mol. The molecule has 2 rings (SSSR count). The van der Waals surface area contributed by atoms with Crippen LogP contribution in [0.2, 0.25) is 10.0 Å². The van der Waals surface area contributed by atoms with Crippen molar-refractivity contribution in [2.75, 3.05) is 0 Å². The fourth-order valence-corrected chi connectivity index (χ4v) is 3.58. The predicted octanol–water partition coefficient (Wildman–Crippen LogP) is 6.43. The van der Waals surface area contributed by atoms with E-state index in [9.17, 15) is 0 Å². The van der Waals surface area contributed by atoms with Crippen LogP contribution < -0.4 is 0 Å². The second-order valence-electron chi connectivity index (χ2n) is 3.96. The number of benzene rings is 2. The van der Waals surface area contributed by atoms with Crippen LogP contribution in [0.5, 0.6) is 0 Å². The van der Waals surface area contributed by atoms with Crippen LogP contribution in [0.25, 0.3) is 0 Å². The Hall–Kier alpha value is -0.0200. The van der Waals surface area contributed by atoms with Crippen molar-refractivity contribution in [2.45, 2.75) is 11.2 Å². The zero-order valence-corrected chi connectivity index (χ0v) is 14.0. The zero-order chi connectivity index (χ0) is 13.1. The lowest BCUT2D eigenvalue weighted by molar-refractivity contribution is 0.943. The molecule has 0 aliphatic rings. The van der Waals surface area contributed by atoms with Crippen LogP contribution in [-0.4, -0.2) is 0 Å². The van der Waals surface area contributed by atoms with Crippen molar-refractivity contribution < 1.29 is 0 Å². The maximum Gasteiger partial charge on any atom is 0.0447 e. The molecule has 2 aromatic carbocycles. The van der Waals surface area contributed by atoms with Crippen molar-refractivity contribution in [2.24, 2.45) is 0 Å². The average Bonchev–Trinajstić information content (AvgIpc) is 2.35. The smallest absolute Gasteiger partial charge is 0.0447 e. The van der Waals surface area contributed by atoms with E-state index in [1.807, 2.05) is 42.5 Å². The van der Waals surface area contributed by atoms with E-state index in [-0.39, 0.29) is 4.83 Å². The number of rotatable bonds is 3. The van der Waals surface area contributed by atoms with E-state index >= 15 is 0 Å². The third-order valence-electron chi connectivity index (χ3n) is 2.62. The van der Waals surface area contributed by atoms with Crippen LogP contribution in [0.4, 0.5) is 0 Å². The highest BCUT2D eigenvalue weighted by atomic mass is 79.9. The van der Waals surface area contributed by atoms with Gasteiger partial charge in [0, 0.05) is 19.3 Å². The van der Waals surface area contributed by atoms with Gasteiger partial charge in [0.2, 0.25) is 0 Å². The quantitative estimate of drug-likeness (QED) is 0.513. The fourth-order valence-electron chi connectivity index (χ4n) is 1.69. The highest BCUT2D eigenvalue weighted by Crippen LogP contribution is 2.34. The van der Waals surface area contributed by atoms with Gasteiger partial charge in [-0.15, -0.1) is 0 Å². The molecule has 0 saturated carbocycles. The molecule has 4 heteroatoms. The van der Waals surface area contributed by atoms with Crippen LogP contribution in [0, 0.1) is 0 Å². The summed E-state index contributed by atoms with van der Waals surface area (Å²) in [4.78, 5) is 0.215. The summed E-state index contributed by atoms with van der Waals surface area (Å²) in [6, 6.07) is 13.7. The predicted molar refractivity (Wildman–Crippen MR) is 86.0 cm³/mol. The topological polar surface area (TPSA) is 0 Å². The lowest BCUT2D eigenvalue weighted by Crippen LogP contribution is -1.96. The lowest BCUT2D eigenvalue weighted by Gasteiger charge is -2.13. The van der Waals surface area contributed by atoms with Crippen molar-refractivity contribution in [3.63, 3.8) is 0 Å². The van der Waals surface area contributed by atoms with Crippen LogP contribution in [-0.2, 0) is 6.42 Å². The van der Waals surface area contributed by atoms with Crippen molar-refractivity contribution in [1.29, 1.82) is 0 Å². The molecule has 1 atom stereocenters. The van der Waals surface area contributed by atoms with Gasteiger partial charge in [-0.25, -0.2) is 0 Å². The molecule has 0 nitrogen and oxygen atoms in total. The molecule has 0 saturated heterocycles. The normalized spacial score (nSPS) is 12.4. The summed E-state index contributed by atoms with van der Waals surface area (Å²) in [6.45, 7) is 0. The van der Waals surface area contributed by atoms with Crippen LogP contribution in [0.1, 0.15) is 16.0 Å². The van der Waals surface area contributed by atoms with E-state index in [0.29, 0.717) is 0 Å². The standard InChI is InChI=1S/C14H10Br2Cl2/c15-13-6-5-11(18)8-12(13)14(16)7-9-1-3-10(17)4-2-9/h1-6,8,14H,7H2. The van der Waals surface area contributed by atoms with Gasteiger partial charge in [-0.2, -0.15) is 0 Å². The van der Waals surface area contributed by atoms with Gasteiger partial charge in [0.05, 0.1) is 0 Å². The van der Waals surface area contributed by atoms with Gasteiger partial charge in [-0.05, 0) is 47.9 Å². The molecule has 0 amide bonds. The Morgan fingerprint density at radius 2 is 1.56 bits per heavy atom. The Kier molecular flexibility index (Phi) is 5.14. The minimum Gasteiger partial charge on any atom is -0.0843 e. The molecule has 0 heterocycles. The van der Waals surface area contributed by atoms with E-state index in [2.05, 4.69) is 31.9 Å². The number of halogens is 4. The average molecular weight is 409 g/mol. The van der Waals surface area contributed by atoms with E-state index in [1.165, 1.54) is 5.56 Å². The van der Waals surface area contributed by atoms with Crippen LogP contribution >= 0.6 is 55.1 Å². The number of hydrogen-bond donors (Lipinski definition) is 0. The largest absolute Gasteiger partial charge is 0.0843 e. The molecule has 0 spiro atoms. The van der Waals surface area contributed by atoms with Gasteiger partial charge in [0.25, 0.3) is 0 Å². The van der Waals surface area contributed by atoms with Gasteiger partial charge in [0.1, 0.15) is 0 Å². The van der Waals surface area contributed by atoms with E-state index < -0.39 is 0 Å². The van der Waals surface area contributed by atoms with Crippen molar-refractivity contribution in [1.82, 2.24) is 0 Å². The number of alkyl halides is 1. The highest BCUT2D eigenvalue weighted by Gasteiger charge is 2.12. The van der Waals surface area contributed by atoms with Crippen molar-refractivity contribution in [3.05, 3.63) is 68.1 Å². The molecule has 0 aromatic heterocycles. The first-order chi connectivity index (χ1) is 8.56. The Balaban J connectivity index is 2.18. The minimum atomic E-state index is 0.215. The third-order valence-corrected chi connectivity index (χ3v) is 4.65. The maximum atomic E-state index is 6.03. The molecule has 18 heavy (non-hydrogen) atoms. The molecule has 2 aromatic rings. The lowest BCUT2D eigenvalue weighted by atomic mass is 10.0. The Morgan fingerprint density at radius 3 is 2.22 bits per heavy atom. The van der Waals surface area contributed by atoms with Gasteiger partial charge in [-0.3, -0.25) is 0 Å². The molecule has 0 aliphatic carbocycles. The first-order valence-electron chi connectivity index (χ1n) is 5.40.